The first-order chi connectivity index (χ1) is 7.66. The van der Waals surface area contributed by atoms with Crippen LogP contribution in [0.5, 0.6) is 0 Å². The Kier molecular flexibility index (Phi) is 3.51. The van der Waals surface area contributed by atoms with E-state index in [1.54, 1.807) is 6.92 Å². The van der Waals surface area contributed by atoms with Crippen molar-refractivity contribution in [2.75, 3.05) is 0 Å². The Morgan fingerprint density at radius 1 is 1.41 bits per heavy atom. The van der Waals surface area contributed by atoms with Crippen LogP contribution in [-0.2, 0) is 4.79 Å². The van der Waals surface area contributed by atoms with Crippen molar-refractivity contribution >= 4 is 5.91 Å². The quantitative estimate of drug-likeness (QED) is 0.693. The molecule has 7 heteroatoms. The summed E-state index contributed by atoms with van der Waals surface area (Å²) in [6.07, 6.45) is 0. The average Bonchev–Trinajstić information content (AvgIpc) is 2.68. The van der Waals surface area contributed by atoms with Crippen LogP contribution in [0.1, 0.15) is 46.5 Å². The molecule has 1 aromatic rings. The monoisotopic (exact) mass is 240 g/mol. The summed E-state index contributed by atoms with van der Waals surface area (Å²) in [5.41, 5.74) is 4.69. The summed E-state index contributed by atoms with van der Waals surface area (Å²) in [5.74, 6) is 0.311. The van der Waals surface area contributed by atoms with Crippen molar-refractivity contribution in [1.82, 2.24) is 25.9 Å². The second kappa shape index (κ2) is 4.40. The Balaban J connectivity index is 2.73. The number of hydrogen-bond acceptors (Lipinski definition) is 5. The number of carbonyl (C=O) groups is 1. The summed E-state index contributed by atoms with van der Waals surface area (Å²) < 4.78 is 0. The van der Waals surface area contributed by atoms with Crippen LogP contribution in [0.4, 0.5) is 0 Å². The minimum atomic E-state index is -0.689. The summed E-state index contributed by atoms with van der Waals surface area (Å²) in [4.78, 5) is 12.1. The molecule has 1 amide bonds. The van der Waals surface area contributed by atoms with Crippen molar-refractivity contribution in [3.63, 3.8) is 0 Å². The first-order valence-electron chi connectivity index (χ1n) is 5.49. The maximum atomic E-state index is 12.1. The highest BCUT2D eigenvalue weighted by Gasteiger charge is 2.41. The molecular weight excluding hydrogens is 220 g/mol. The van der Waals surface area contributed by atoms with Crippen LogP contribution in [0.2, 0.25) is 0 Å². The van der Waals surface area contributed by atoms with Gasteiger partial charge in [-0.25, -0.2) is 0 Å². The molecule has 1 heterocycles. The third-order valence-electron chi connectivity index (χ3n) is 3.28. The van der Waals surface area contributed by atoms with Crippen molar-refractivity contribution in [3.8, 4) is 0 Å². The molecule has 0 spiro atoms. The van der Waals surface area contributed by atoms with Gasteiger partial charge in [0.05, 0.1) is 11.5 Å². The van der Waals surface area contributed by atoms with Crippen LogP contribution in [0.3, 0.4) is 0 Å². The van der Waals surface area contributed by atoms with Gasteiger partial charge in [-0.2, -0.15) is 5.21 Å². The van der Waals surface area contributed by atoms with E-state index in [4.69, 9.17) is 5.73 Å². The Hall–Kier alpha value is -1.50. The molecule has 17 heavy (non-hydrogen) atoms. The zero-order valence-electron chi connectivity index (χ0n) is 10.9. The van der Waals surface area contributed by atoms with E-state index in [2.05, 4.69) is 25.9 Å². The second-order valence-electron chi connectivity index (χ2n) is 5.31. The third kappa shape index (κ3) is 2.79. The number of tetrazole rings is 1. The van der Waals surface area contributed by atoms with Gasteiger partial charge >= 0.3 is 0 Å². The van der Waals surface area contributed by atoms with E-state index >= 15 is 0 Å². The van der Waals surface area contributed by atoms with Crippen LogP contribution in [0.25, 0.3) is 0 Å². The lowest BCUT2D eigenvalue weighted by Crippen LogP contribution is -2.55. The molecule has 0 saturated heterocycles. The fourth-order valence-electron chi connectivity index (χ4n) is 1.09. The number of aromatic amines is 1. The number of aromatic nitrogens is 4. The van der Waals surface area contributed by atoms with E-state index in [1.165, 1.54) is 0 Å². The van der Waals surface area contributed by atoms with E-state index in [1.807, 2.05) is 27.7 Å². The van der Waals surface area contributed by atoms with Gasteiger partial charge in [-0.3, -0.25) is 4.79 Å². The molecule has 0 radical (unpaired) electrons. The molecule has 96 valence electrons. The molecule has 1 aromatic heterocycles. The molecular formula is C10H20N6O. The first kappa shape index (κ1) is 13.6. The van der Waals surface area contributed by atoms with Gasteiger partial charge in [-0.1, -0.05) is 5.21 Å². The molecule has 0 aliphatic heterocycles. The Bertz CT molecular complexity index is 378. The minimum absolute atomic E-state index is 0.137. The number of rotatable bonds is 4. The van der Waals surface area contributed by atoms with Crippen LogP contribution in [-0.4, -0.2) is 32.1 Å². The summed E-state index contributed by atoms with van der Waals surface area (Å²) >= 11 is 0. The maximum absolute atomic E-state index is 12.1. The molecule has 0 bridgehead atoms. The molecule has 1 rings (SSSR count). The topological polar surface area (TPSA) is 110 Å². The smallest absolute Gasteiger partial charge is 0.228 e. The molecule has 0 fully saturated rings. The van der Waals surface area contributed by atoms with Gasteiger partial charge in [0, 0.05) is 5.54 Å². The van der Waals surface area contributed by atoms with E-state index in [0.717, 1.165) is 0 Å². The first-order valence-corrected chi connectivity index (χ1v) is 5.49. The third-order valence-corrected chi connectivity index (χ3v) is 3.28. The predicted octanol–water partition coefficient (Wildman–Crippen LogP) is 0.140. The van der Waals surface area contributed by atoms with Gasteiger partial charge in [-0.05, 0) is 34.6 Å². The van der Waals surface area contributed by atoms with Crippen LogP contribution in [0, 0.1) is 5.41 Å². The number of carbonyl (C=O) groups excluding carboxylic acids is 1. The average molecular weight is 240 g/mol. The van der Waals surface area contributed by atoms with Crippen molar-refractivity contribution in [3.05, 3.63) is 5.82 Å². The fraction of sp³-hybridized carbons (Fsp3) is 0.800. The van der Waals surface area contributed by atoms with Gasteiger partial charge in [0.25, 0.3) is 0 Å². The largest absolute Gasteiger partial charge is 0.346 e. The number of nitrogens with zero attached hydrogens (tertiary/aromatic N) is 3. The Morgan fingerprint density at radius 3 is 2.41 bits per heavy atom. The standard InChI is InChI=1S/C10H20N6O/c1-6(7-13-15-16-14-7)12-8(17)9(2,3)10(4,5)11/h6H,11H2,1-5H3,(H,12,17)(H,13,14,15,16). The molecule has 0 aliphatic rings. The number of nitrogens with one attached hydrogen (secondary N) is 2. The van der Waals surface area contributed by atoms with Crippen LogP contribution in [0.15, 0.2) is 0 Å². The molecule has 0 aliphatic carbocycles. The zero-order valence-corrected chi connectivity index (χ0v) is 10.9. The van der Waals surface area contributed by atoms with Crippen molar-refractivity contribution in [1.29, 1.82) is 0 Å². The zero-order chi connectivity index (χ0) is 13.3. The summed E-state index contributed by atoms with van der Waals surface area (Å²) in [7, 11) is 0. The molecule has 4 N–H and O–H groups in total. The molecule has 1 unspecified atom stereocenters. The normalized spacial score (nSPS) is 14.5. The Morgan fingerprint density at radius 2 is 2.00 bits per heavy atom. The lowest BCUT2D eigenvalue weighted by Gasteiger charge is -2.37. The fourth-order valence-corrected chi connectivity index (χ4v) is 1.09. The highest BCUT2D eigenvalue weighted by atomic mass is 16.2. The summed E-state index contributed by atoms with van der Waals surface area (Å²) in [6.45, 7) is 9.07. The second-order valence-corrected chi connectivity index (χ2v) is 5.31. The summed E-state index contributed by atoms with van der Waals surface area (Å²) in [5, 5.41) is 16.3. The van der Waals surface area contributed by atoms with E-state index in [0.29, 0.717) is 5.82 Å². The number of nitrogens with two attached hydrogens (primary N) is 1. The van der Waals surface area contributed by atoms with E-state index < -0.39 is 11.0 Å². The lowest BCUT2D eigenvalue weighted by molar-refractivity contribution is -0.133. The SMILES string of the molecule is CC(NC(=O)C(C)(C)C(C)(C)N)c1nn[nH]n1. The van der Waals surface area contributed by atoms with Crippen molar-refractivity contribution in [2.24, 2.45) is 11.1 Å². The highest BCUT2D eigenvalue weighted by molar-refractivity contribution is 5.83. The van der Waals surface area contributed by atoms with E-state index in [-0.39, 0.29) is 11.9 Å². The summed E-state index contributed by atoms with van der Waals surface area (Å²) in [6, 6.07) is -0.303. The van der Waals surface area contributed by atoms with E-state index in [9.17, 15) is 4.79 Å². The molecule has 1 atom stereocenters. The maximum Gasteiger partial charge on any atom is 0.228 e. The van der Waals surface area contributed by atoms with Gasteiger partial charge < -0.3 is 11.1 Å². The Labute approximate surface area is 101 Å². The number of amides is 1. The van der Waals surface area contributed by atoms with Crippen LogP contribution < -0.4 is 11.1 Å². The molecule has 7 nitrogen and oxygen atoms in total. The van der Waals surface area contributed by atoms with Gasteiger partial charge in [0.15, 0.2) is 5.82 Å². The molecule has 0 aromatic carbocycles. The predicted molar refractivity (Wildman–Crippen MR) is 62.8 cm³/mol. The number of hydrogen-bond donors (Lipinski definition) is 3. The minimum Gasteiger partial charge on any atom is -0.346 e. The number of H-pyrrole nitrogens is 1. The van der Waals surface area contributed by atoms with Crippen LogP contribution >= 0.6 is 0 Å². The lowest BCUT2D eigenvalue weighted by atomic mass is 9.74. The van der Waals surface area contributed by atoms with Crippen molar-refractivity contribution < 1.29 is 4.79 Å². The van der Waals surface area contributed by atoms with Crippen molar-refractivity contribution in [2.45, 2.75) is 46.2 Å². The van der Waals surface area contributed by atoms with Gasteiger partial charge in [0.1, 0.15) is 0 Å². The van der Waals surface area contributed by atoms with Gasteiger partial charge in [-0.15, -0.1) is 10.2 Å². The van der Waals surface area contributed by atoms with Gasteiger partial charge in [0.2, 0.25) is 5.91 Å². The molecule has 0 saturated carbocycles. The highest BCUT2D eigenvalue weighted by Crippen LogP contribution is 2.29.